The van der Waals surface area contributed by atoms with Gasteiger partial charge in [-0.25, -0.2) is 0 Å². The first-order chi connectivity index (χ1) is 10.8. The Balaban J connectivity index is 1.67. The summed E-state index contributed by atoms with van der Waals surface area (Å²) >= 11 is 0. The Kier molecular flexibility index (Phi) is 3.93. The van der Waals surface area contributed by atoms with Crippen LogP contribution in [0, 0.1) is 0 Å². The minimum absolute atomic E-state index is 0.547. The van der Waals surface area contributed by atoms with E-state index in [0.29, 0.717) is 12.1 Å². The van der Waals surface area contributed by atoms with E-state index in [-0.39, 0.29) is 0 Å². The SMILES string of the molecule is CN1CCC(n2ccc3c(C4CCCCN4)cccc32)CC1. The molecule has 0 bridgehead atoms. The van der Waals surface area contributed by atoms with Crippen LogP contribution in [0.2, 0.25) is 0 Å². The van der Waals surface area contributed by atoms with Crippen molar-refractivity contribution in [2.75, 3.05) is 26.7 Å². The number of aromatic nitrogens is 1. The van der Waals surface area contributed by atoms with Gasteiger partial charge >= 0.3 is 0 Å². The van der Waals surface area contributed by atoms with Crippen LogP contribution >= 0.6 is 0 Å². The number of fused-ring (bicyclic) bond motifs is 1. The van der Waals surface area contributed by atoms with E-state index in [2.05, 4.69) is 52.3 Å². The Labute approximate surface area is 133 Å². The average Bonchev–Trinajstić information content (AvgIpc) is 3.00. The molecule has 2 aromatic rings. The first-order valence-electron chi connectivity index (χ1n) is 8.84. The topological polar surface area (TPSA) is 20.2 Å². The number of likely N-dealkylation sites (tertiary alicyclic amines) is 1. The monoisotopic (exact) mass is 297 g/mol. The maximum absolute atomic E-state index is 3.71. The van der Waals surface area contributed by atoms with Crippen molar-refractivity contribution in [1.82, 2.24) is 14.8 Å². The summed E-state index contributed by atoms with van der Waals surface area (Å²) in [5, 5.41) is 5.17. The molecule has 2 fully saturated rings. The number of piperidine rings is 2. The predicted octanol–water partition coefficient (Wildman–Crippen LogP) is 3.72. The lowest BCUT2D eigenvalue weighted by Crippen LogP contribution is -2.31. The minimum atomic E-state index is 0.547. The Morgan fingerprint density at radius 2 is 1.91 bits per heavy atom. The lowest BCUT2D eigenvalue weighted by Gasteiger charge is -2.30. The van der Waals surface area contributed by atoms with Gasteiger partial charge in [0.1, 0.15) is 0 Å². The van der Waals surface area contributed by atoms with Crippen LogP contribution in [-0.4, -0.2) is 36.1 Å². The van der Waals surface area contributed by atoms with Crippen molar-refractivity contribution in [2.45, 2.75) is 44.2 Å². The smallest absolute Gasteiger partial charge is 0.0486 e. The molecule has 4 rings (SSSR count). The first-order valence-corrected chi connectivity index (χ1v) is 8.84. The third-order valence-electron chi connectivity index (χ3n) is 5.56. The Morgan fingerprint density at radius 1 is 1.05 bits per heavy atom. The number of nitrogens with zero attached hydrogens (tertiary/aromatic N) is 2. The van der Waals surface area contributed by atoms with E-state index in [1.807, 2.05) is 0 Å². The quantitative estimate of drug-likeness (QED) is 0.911. The van der Waals surface area contributed by atoms with E-state index < -0.39 is 0 Å². The third-order valence-corrected chi connectivity index (χ3v) is 5.56. The molecule has 0 aliphatic carbocycles. The Bertz CT molecular complexity index is 631. The van der Waals surface area contributed by atoms with Crippen LogP contribution in [0.1, 0.15) is 49.8 Å². The van der Waals surface area contributed by atoms with Gasteiger partial charge in [-0.3, -0.25) is 0 Å². The van der Waals surface area contributed by atoms with Crippen molar-refractivity contribution < 1.29 is 0 Å². The van der Waals surface area contributed by atoms with Gasteiger partial charge in [0.05, 0.1) is 0 Å². The van der Waals surface area contributed by atoms with Crippen LogP contribution in [0.15, 0.2) is 30.5 Å². The van der Waals surface area contributed by atoms with E-state index in [1.165, 1.54) is 61.7 Å². The van der Waals surface area contributed by atoms with Crippen LogP contribution in [0.4, 0.5) is 0 Å². The molecule has 0 saturated carbocycles. The highest BCUT2D eigenvalue weighted by atomic mass is 15.1. The van der Waals surface area contributed by atoms with Gasteiger partial charge in [-0.05, 0) is 70.1 Å². The number of hydrogen-bond acceptors (Lipinski definition) is 2. The molecule has 3 heterocycles. The van der Waals surface area contributed by atoms with Gasteiger partial charge in [0.2, 0.25) is 0 Å². The van der Waals surface area contributed by atoms with Gasteiger partial charge in [-0.1, -0.05) is 18.6 Å². The zero-order valence-electron chi connectivity index (χ0n) is 13.6. The molecular weight excluding hydrogens is 270 g/mol. The molecule has 3 nitrogen and oxygen atoms in total. The molecule has 1 aromatic heterocycles. The molecule has 22 heavy (non-hydrogen) atoms. The highest BCUT2D eigenvalue weighted by molar-refractivity contribution is 5.84. The van der Waals surface area contributed by atoms with Gasteiger partial charge in [-0.2, -0.15) is 0 Å². The van der Waals surface area contributed by atoms with Crippen LogP contribution in [0.5, 0.6) is 0 Å². The third kappa shape index (κ3) is 2.57. The fraction of sp³-hybridized carbons (Fsp3) is 0.579. The normalized spacial score (nSPS) is 24.9. The van der Waals surface area contributed by atoms with Gasteiger partial charge in [-0.15, -0.1) is 0 Å². The molecule has 2 saturated heterocycles. The number of hydrogen-bond donors (Lipinski definition) is 1. The predicted molar refractivity (Wildman–Crippen MR) is 92.3 cm³/mol. The summed E-state index contributed by atoms with van der Waals surface area (Å²) in [5.41, 5.74) is 2.93. The van der Waals surface area contributed by atoms with Crippen molar-refractivity contribution in [2.24, 2.45) is 0 Å². The van der Waals surface area contributed by atoms with Crippen LogP contribution in [0.25, 0.3) is 10.9 Å². The molecule has 2 aliphatic rings. The zero-order valence-corrected chi connectivity index (χ0v) is 13.6. The highest BCUT2D eigenvalue weighted by Crippen LogP contribution is 2.33. The average molecular weight is 297 g/mol. The van der Waals surface area contributed by atoms with Gasteiger partial charge in [0, 0.05) is 29.2 Å². The number of benzene rings is 1. The molecule has 2 aliphatic heterocycles. The standard InChI is InChI=1S/C19H27N3/c1-21-12-8-15(9-13-21)22-14-10-17-16(5-4-7-19(17)22)18-6-2-3-11-20-18/h4-5,7,10,14-15,18,20H,2-3,6,8-9,11-13H2,1H3. The van der Waals surface area contributed by atoms with E-state index in [0.717, 1.165) is 6.54 Å². The lowest BCUT2D eigenvalue weighted by atomic mass is 9.95. The molecule has 0 spiro atoms. The summed E-state index contributed by atoms with van der Waals surface area (Å²) in [4.78, 5) is 2.44. The zero-order chi connectivity index (χ0) is 14.9. The van der Waals surface area contributed by atoms with E-state index in [9.17, 15) is 0 Å². The molecular formula is C19H27N3. The van der Waals surface area contributed by atoms with Crippen LogP contribution < -0.4 is 5.32 Å². The second-order valence-corrected chi connectivity index (χ2v) is 7.04. The fourth-order valence-electron chi connectivity index (χ4n) is 4.22. The summed E-state index contributed by atoms with van der Waals surface area (Å²) in [5.74, 6) is 0. The molecule has 1 atom stereocenters. The first kappa shape index (κ1) is 14.3. The number of nitrogens with one attached hydrogen (secondary N) is 1. The minimum Gasteiger partial charge on any atom is -0.344 e. The Morgan fingerprint density at radius 3 is 2.68 bits per heavy atom. The summed E-state index contributed by atoms with van der Waals surface area (Å²) < 4.78 is 2.54. The van der Waals surface area contributed by atoms with Crippen molar-refractivity contribution in [3.8, 4) is 0 Å². The van der Waals surface area contributed by atoms with Crippen molar-refractivity contribution >= 4 is 10.9 Å². The van der Waals surface area contributed by atoms with Gasteiger partial charge in [0.15, 0.2) is 0 Å². The molecule has 1 unspecified atom stereocenters. The van der Waals surface area contributed by atoms with E-state index >= 15 is 0 Å². The fourth-order valence-corrected chi connectivity index (χ4v) is 4.22. The molecule has 1 N–H and O–H groups in total. The van der Waals surface area contributed by atoms with Crippen LogP contribution in [0.3, 0.4) is 0 Å². The molecule has 0 amide bonds. The highest BCUT2D eigenvalue weighted by Gasteiger charge is 2.22. The number of rotatable bonds is 2. The summed E-state index contributed by atoms with van der Waals surface area (Å²) in [7, 11) is 2.23. The maximum atomic E-state index is 3.71. The molecule has 118 valence electrons. The molecule has 3 heteroatoms. The Hall–Kier alpha value is -1.32. The van der Waals surface area contributed by atoms with Crippen LogP contribution in [-0.2, 0) is 0 Å². The summed E-state index contributed by atoms with van der Waals surface area (Å²) in [6.07, 6.45) is 8.82. The van der Waals surface area contributed by atoms with Gasteiger partial charge < -0.3 is 14.8 Å². The lowest BCUT2D eigenvalue weighted by molar-refractivity contribution is 0.224. The molecule has 0 radical (unpaired) electrons. The second-order valence-electron chi connectivity index (χ2n) is 7.04. The van der Waals surface area contributed by atoms with E-state index in [1.54, 1.807) is 0 Å². The van der Waals surface area contributed by atoms with E-state index in [4.69, 9.17) is 0 Å². The van der Waals surface area contributed by atoms with Crippen molar-refractivity contribution in [3.63, 3.8) is 0 Å². The van der Waals surface area contributed by atoms with Crippen molar-refractivity contribution in [1.29, 1.82) is 0 Å². The second kappa shape index (κ2) is 6.05. The van der Waals surface area contributed by atoms with Crippen molar-refractivity contribution in [3.05, 3.63) is 36.0 Å². The molecule has 1 aromatic carbocycles. The largest absolute Gasteiger partial charge is 0.344 e. The maximum Gasteiger partial charge on any atom is 0.0486 e. The summed E-state index contributed by atoms with van der Waals surface area (Å²) in [6, 6.07) is 10.4. The van der Waals surface area contributed by atoms with Gasteiger partial charge in [0.25, 0.3) is 0 Å². The summed E-state index contributed by atoms with van der Waals surface area (Å²) in [6.45, 7) is 3.60.